The van der Waals surface area contributed by atoms with Crippen LogP contribution in [0, 0.1) is 50.2 Å². The number of ether oxygens (including phenoxy) is 6. The molecular weight excluding hydrogens is 852 g/mol. The van der Waals surface area contributed by atoms with Crippen LogP contribution in [0.15, 0.2) is 11.6 Å². The van der Waals surface area contributed by atoms with Crippen molar-refractivity contribution in [2.75, 3.05) is 19.8 Å². The van der Waals surface area contributed by atoms with Gasteiger partial charge in [0.1, 0.15) is 72.6 Å². The Bertz CT molecular complexity index is 1780. The van der Waals surface area contributed by atoms with E-state index in [1.807, 2.05) is 0 Å². The molecule has 8 rings (SSSR count). The fourth-order valence-corrected chi connectivity index (χ4v) is 14.9. The van der Waals surface area contributed by atoms with E-state index in [0.717, 1.165) is 32.1 Å². The van der Waals surface area contributed by atoms with Gasteiger partial charge in [0.05, 0.1) is 32.0 Å². The van der Waals surface area contributed by atoms with Crippen molar-refractivity contribution in [2.45, 2.75) is 204 Å². The van der Waals surface area contributed by atoms with Crippen molar-refractivity contribution < 1.29 is 89.4 Å². The van der Waals surface area contributed by atoms with E-state index in [1.54, 1.807) is 0 Å². The molecule has 0 unspecified atom stereocenters. The summed E-state index contributed by atoms with van der Waals surface area (Å²) in [6, 6.07) is 0. The van der Waals surface area contributed by atoms with Crippen molar-refractivity contribution in [1.82, 2.24) is 0 Å². The van der Waals surface area contributed by atoms with Gasteiger partial charge in [0.15, 0.2) is 18.9 Å². The Hall–Kier alpha value is -1.43. The second kappa shape index (κ2) is 17.5. The summed E-state index contributed by atoms with van der Waals surface area (Å²) in [4.78, 5) is 13.2. The molecule has 3 heterocycles. The molecule has 23 atom stereocenters. The van der Waals surface area contributed by atoms with Crippen LogP contribution in [0.5, 0.6) is 0 Å². The lowest BCUT2D eigenvalue weighted by molar-refractivity contribution is -0.381. The number of fused-ring (bicyclic) bond motifs is 7. The fourth-order valence-electron chi connectivity index (χ4n) is 14.9. The summed E-state index contributed by atoms with van der Waals surface area (Å²) in [5.41, 5.74) is -1.52. The van der Waals surface area contributed by atoms with E-state index >= 15 is 0 Å². The smallest absolute Gasteiger partial charge is 0.312 e. The number of aliphatic hydroxyl groups is 10. The van der Waals surface area contributed by atoms with Gasteiger partial charge in [0.25, 0.3) is 0 Å². The molecule has 3 saturated heterocycles. The summed E-state index contributed by atoms with van der Waals surface area (Å²) in [5, 5.41) is 118. The van der Waals surface area contributed by atoms with Crippen LogP contribution in [0.1, 0.15) is 106 Å². The van der Waals surface area contributed by atoms with Crippen molar-refractivity contribution >= 4 is 5.97 Å². The van der Waals surface area contributed by atoms with E-state index in [1.165, 1.54) is 5.57 Å². The summed E-state index contributed by atoms with van der Waals surface area (Å²) in [6.07, 6.45) is -15.3. The zero-order valence-electron chi connectivity index (χ0n) is 38.8. The van der Waals surface area contributed by atoms with Crippen LogP contribution < -0.4 is 0 Å². The van der Waals surface area contributed by atoms with Gasteiger partial charge in [-0.2, -0.15) is 0 Å². The standard InChI is InChI=1S/C47H76O18/c1-42(2)14-15-47(41(58)59)22(16-42)21-8-9-27-44(5)12-11-29(43(3,4)26(44)10-13-45(27,6)46(21,7)17-28(47)50)64-40-37(65-39-36(57)33(54)31(52)24(18-48)62-39)34(55)32(53)25(63-40)20-61-38-35(56)30(51)23(49)19-60-38/h8,22-40,48-57H,9-20H2,1-7H3,(H,58,59)/t22-,23-,24+,25+,26-,27+,28+,29-,30-,31+,32+,33-,34-,35+,36+,37+,38-,39-,40-,44-,45+,46+,47+/m0/s1. The molecule has 0 aromatic carbocycles. The number of carboxylic acids is 1. The van der Waals surface area contributed by atoms with E-state index in [2.05, 4.69) is 54.5 Å². The van der Waals surface area contributed by atoms with E-state index in [4.69, 9.17) is 28.4 Å². The second-order valence-electron chi connectivity index (χ2n) is 23.2. The first kappa shape index (κ1) is 50.0. The lowest BCUT2D eigenvalue weighted by Gasteiger charge is -2.71. The Morgan fingerprint density at radius 1 is 0.708 bits per heavy atom. The molecule has 3 aliphatic heterocycles. The summed E-state index contributed by atoms with van der Waals surface area (Å²) >= 11 is 0. The van der Waals surface area contributed by atoms with Crippen molar-refractivity contribution in [3.05, 3.63) is 11.6 Å². The topological polar surface area (TPSA) is 295 Å². The van der Waals surface area contributed by atoms with E-state index in [9.17, 15) is 61.0 Å². The molecule has 0 aromatic heterocycles. The Balaban J connectivity index is 1.06. The van der Waals surface area contributed by atoms with Crippen LogP contribution in [0.25, 0.3) is 0 Å². The highest BCUT2D eigenvalue weighted by Gasteiger charge is 2.71. The Morgan fingerprint density at radius 3 is 2.05 bits per heavy atom. The number of carboxylic acid groups (broad SMARTS) is 1. The van der Waals surface area contributed by atoms with Gasteiger partial charge in [-0.15, -0.1) is 0 Å². The molecule has 65 heavy (non-hydrogen) atoms. The first-order valence-electron chi connectivity index (χ1n) is 23.8. The second-order valence-corrected chi connectivity index (χ2v) is 23.2. The minimum atomic E-state index is -1.84. The summed E-state index contributed by atoms with van der Waals surface area (Å²) in [5.74, 6) is -0.886. The SMILES string of the molecule is CC1(C)CC[C@]2(C(=O)O)[C@H](O)C[C@]3(C)C(=CC[C@@H]4[C@@]5(C)CC[C@H](O[C@@H]6O[C@H](CO[C@@H]7OC[C@H](O)[C@H](O)[C@H]7O)[C@@H](O)[C@H](O)[C@H]6O[C@@H]6O[C@H](CO)[C@@H](O)[C@H](O)[C@H]6O)C(C)(C)[C@@H]5CC[C@]43C)[C@@H]2C1. The number of hydrogen-bond donors (Lipinski definition) is 11. The molecule has 18 heteroatoms. The maximum Gasteiger partial charge on any atom is 0.312 e. The molecule has 4 saturated carbocycles. The molecule has 18 nitrogen and oxygen atoms in total. The predicted octanol–water partition coefficient (Wildman–Crippen LogP) is 0.316. The first-order valence-corrected chi connectivity index (χ1v) is 23.8. The Morgan fingerprint density at radius 2 is 1.37 bits per heavy atom. The predicted molar refractivity (Wildman–Crippen MR) is 226 cm³/mol. The third-order valence-corrected chi connectivity index (χ3v) is 19.0. The number of hydrogen-bond acceptors (Lipinski definition) is 17. The molecule has 0 spiro atoms. The third kappa shape index (κ3) is 7.80. The molecule has 5 aliphatic carbocycles. The Kier molecular flexibility index (Phi) is 13.4. The van der Waals surface area contributed by atoms with Gasteiger partial charge in [0.2, 0.25) is 0 Å². The van der Waals surface area contributed by atoms with Gasteiger partial charge in [0, 0.05) is 0 Å². The first-order chi connectivity index (χ1) is 30.3. The van der Waals surface area contributed by atoms with E-state index < -0.39 is 134 Å². The molecule has 0 aromatic rings. The quantitative estimate of drug-likeness (QED) is 0.110. The van der Waals surface area contributed by atoms with Crippen molar-refractivity contribution in [2.24, 2.45) is 50.2 Å². The maximum absolute atomic E-state index is 13.2. The lowest BCUT2D eigenvalue weighted by Crippen LogP contribution is -2.68. The largest absolute Gasteiger partial charge is 0.481 e. The third-order valence-electron chi connectivity index (χ3n) is 19.0. The molecule has 8 aliphatic rings. The molecule has 0 bridgehead atoms. The van der Waals surface area contributed by atoms with Crippen molar-refractivity contribution in [3.63, 3.8) is 0 Å². The molecule has 0 radical (unpaired) electrons. The zero-order valence-corrected chi connectivity index (χ0v) is 38.8. The highest BCUT2D eigenvalue weighted by atomic mass is 16.8. The summed E-state index contributed by atoms with van der Waals surface area (Å²) in [6.45, 7) is 14.2. The lowest BCUT2D eigenvalue weighted by atomic mass is 9.33. The number of aliphatic carboxylic acids is 1. The minimum absolute atomic E-state index is 0.0608. The normalized spacial score (nSPS) is 54.0. The molecule has 7 fully saturated rings. The highest BCUT2D eigenvalue weighted by Crippen LogP contribution is 2.76. The summed E-state index contributed by atoms with van der Waals surface area (Å²) < 4.78 is 36.1. The molecular formula is C47H76O18. The van der Waals surface area contributed by atoms with Gasteiger partial charge >= 0.3 is 5.97 Å². The number of rotatable bonds is 9. The highest BCUT2D eigenvalue weighted by molar-refractivity contribution is 5.77. The zero-order chi connectivity index (χ0) is 47.6. The van der Waals surface area contributed by atoms with Gasteiger partial charge in [-0.3, -0.25) is 4.79 Å². The van der Waals surface area contributed by atoms with Crippen LogP contribution in [-0.2, 0) is 33.2 Å². The number of carbonyl (C=O) groups is 1. The molecule has 11 N–H and O–H groups in total. The fraction of sp³-hybridized carbons (Fsp3) is 0.936. The Labute approximate surface area is 380 Å². The minimum Gasteiger partial charge on any atom is -0.481 e. The molecule has 372 valence electrons. The van der Waals surface area contributed by atoms with Crippen molar-refractivity contribution in [1.29, 1.82) is 0 Å². The van der Waals surface area contributed by atoms with Crippen LogP contribution in [0.4, 0.5) is 0 Å². The van der Waals surface area contributed by atoms with Gasteiger partial charge in [-0.25, -0.2) is 0 Å². The van der Waals surface area contributed by atoms with Gasteiger partial charge in [-0.05, 0) is 103 Å². The number of aliphatic hydroxyl groups excluding tert-OH is 10. The van der Waals surface area contributed by atoms with Crippen LogP contribution in [0.2, 0.25) is 0 Å². The van der Waals surface area contributed by atoms with Crippen LogP contribution in [-0.4, -0.2) is 180 Å². The average molecular weight is 929 g/mol. The van der Waals surface area contributed by atoms with Crippen LogP contribution >= 0.6 is 0 Å². The van der Waals surface area contributed by atoms with E-state index in [-0.39, 0.29) is 40.6 Å². The van der Waals surface area contributed by atoms with Crippen molar-refractivity contribution in [3.8, 4) is 0 Å². The maximum atomic E-state index is 13.2. The summed E-state index contributed by atoms with van der Waals surface area (Å²) in [7, 11) is 0. The van der Waals surface area contributed by atoms with E-state index in [0.29, 0.717) is 25.7 Å². The van der Waals surface area contributed by atoms with Gasteiger partial charge in [-0.1, -0.05) is 60.1 Å². The monoisotopic (exact) mass is 929 g/mol. The van der Waals surface area contributed by atoms with Gasteiger partial charge < -0.3 is 84.6 Å². The number of allylic oxidation sites excluding steroid dienone is 2. The molecule has 0 amide bonds. The average Bonchev–Trinajstić information content (AvgIpc) is 3.23. The van der Waals surface area contributed by atoms with Crippen LogP contribution in [0.3, 0.4) is 0 Å².